The molecule has 0 bridgehead atoms. The van der Waals surface area contributed by atoms with Gasteiger partial charge in [-0.05, 0) is 13.8 Å². The van der Waals surface area contributed by atoms with E-state index in [9.17, 15) is 13.2 Å². The molecule has 0 spiro atoms. The Kier molecular flexibility index (Phi) is 3.38. The van der Waals surface area contributed by atoms with Crippen molar-refractivity contribution < 1.29 is 13.2 Å². The number of rotatable bonds is 3. The Hall–Kier alpha value is -1.04. The molecule has 15 heavy (non-hydrogen) atoms. The third-order valence-corrected chi connectivity index (χ3v) is 2.08. The van der Waals surface area contributed by atoms with E-state index in [2.05, 4.69) is 4.98 Å². The van der Waals surface area contributed by atoms with Crippen LogP contribution in [-0.4, -0.2) is 15.7 Å². The fourth-order valence-electron chi connectivity index (χ4n) is 1.39. The predicted octanol–water partition coefficient (Wildman–Crippen LogP) is 2.42. The molecule has 0 aliphatic heterocycles. The SMILES string of the molecule is CC(C)n1cncc1[C@@H](N)CC(F)(F)F. The number of imidazole rings is 1. The number of nitrogens with two attached hydrogens (primary N) is 1. The summed E-state index contributed by atoms with van der Waals surface area (Å²) in [6.45, 7) is 3.73. The molecular weight excluding hydrogens is 207 g/mol. The molecule has 0 aliphatic rings. The van der Waals surface area contributed by atoms with Crippen molar-refractivity contribution in [2.24, 2.45) is 5.73 Å². The molecular formula is C9H14F3N3. The van der Waals surface area contributed by atoms with Crippen LogP contribution in [0.2, 0.25) is 0 Å². The fourth-order valence-corrected chi connectivity index (χ4v) is 1.39. The monoisotopic (exact) mass is 221 g/mol. The van der Waals surface area contributed by atoms with Crippen LogP contribution in [0.15, 0.2) is 12.5 Å². The van der Waals surface area contributed by atoms with E-state index >= 15 is 0 Å². The zero-order valence-electron chi connectivity index (χ0n) is 8.62. The van der Waals surface area contributed by atoms with Crippen molar-refractivity contribution in [2.75, 3.05) is 0 Å². The minimum absolute atomic E-state index is 0.0572. The highest BCUT2D eigenvalue weighted by Gasteiger charge is 2.32. The van der Waals surface area contributed by atoms with Gasteiger partial charge in [-0.3, -0.25) is 0 Å². The fraction of sp³-hybridized carbons (Fsp3) is 0.667. The molecule has 0 fully saturated rings. The Labute approximate surface area is 86.1 Å². The Morgan fingerprint density at radius 1 is 1.47 bits per heavy atom. The first-order valence-electron chi connectivity index (χ1n) is 4.65. The summed E-state index contributed by atoms with van der Waals surface area (Å²) < 4.78 is 38.0. The second-order valence-corrected chi connectivity index (χ2v) is 3.75. The van der Waals surface area contributed by atoms with E-state index in [1.165, 1.54) is 12.5 Å². The van der Waals surface area contributed by atoms with Crippen LogP contribution in [0.5, 0.6) is 0 Å². The molecule has 0 radical (unpaired) electrons. The summed E-state index contributed by atoms with van der Waals surface area (Å²) in [5, 5.41) is 0. The van der Waals surface area contributed by atoms with Crippen molar-refractivity contribution in [3.8, 4) is 0 Å². The molecule has 1 atom stereocenters. The van der Waals surface area contributed by atoms with Crippen molar-refractivity contribution in [3.63, 3.8) is 0 Å². The lowest BCUT2D eigenvalue weighted by Crippen LogP contribution is -2.23. The van der Waals surface area contributed by atoms with Crippen LogP contribution in [0.4, 0.5) is 13.2 Å². The van der Waals surface area contributed by atoms with Gasteiger partial charge >= 0.3 is 6.18 Å². The highest BCUT2D eigenvalue weighted by atomic mass is 19.4. The number of alkyl halides is 3. The molecule has 1 heterocycles. The van der Waals surface area contributed by atoms with Crippen LogP contribution in [0, 0.1) is 0 Å². The van der Waals surface area contributed by atoms with Gasteiger partial charge in [0.25, 0.3) is 0 Å². The third-order valence-electron chi connectivity index (χ3n) is 2.08. The molecule has 3 nitrogen and oxygen atoms in total. The molecule has 2 N–H and O–H groups in total. The Balaban J connectivity index is 2.82. The van der Waals surface area contributed by atoms with Gasteiger partial charge in [-0.15, -0.1) is 0 Å². The van der Waals surface area contributed by atoms with Crippen LogP contribution < -0.4 is 5.73 Å². The summed E-state index contributed by atoms with van der Waals surface area (Å²) >= 11 is 0. The van der Waals surface area contributed by atoms with Gasteiger partial charge in [0.1, 0.15) is 0 Å². The van der Waals surface area contributed by atoms with Crippen LogP contribution in [-0.2, 0) is 0 Å². The Bertz CT molecular complexity index is 317. The number of halogens is 3. The van der Waals surface area contributed by atoms with Crippen molar-refractivity contribution >= 4 is 0 Å². The minimum atomic E-state index is -4.24. The van der Waals surface area contributed by atoms with Gasteiger partial charge in [-0.1, -0.05) is 0 Å². The van der Waals surface area contributed by atoms with E-state index in [0.29, 0.717) is 5.69 Å². The highest BCUT2D eigenvalue weighted by Crippen LogP contribution is 2.28. The van der Waals surface area contributed by atoms with Gasteiger partial charge in [0.05, 0.1) is 24.5 Å². The minimum Gasteiger partial charge on any atom is -0.331 e. The summed E-state index contributed by atoms with van der Waals surface area (Å²) in [6.07, 6.45) is -2.39. The molecule has 1 aromatic rings. The normalized spacial score (nSPS) is 14.6. The van der Waals surface area contributed by atoms with Crippen LogP contribution in [0.3, 0.4) is 0 Å². The van der Waals surface area contributed by atoms with Crippen LogP contribution in [0.25, 0.3) is 0 Å². The van der Waals surface area contributed by atoms with Crippen molar-refractivity contribution in [1.29, 1.82) is 0 Å². The third kappa shape index (κ3) is 3.23. The second kappa shape index (κ2) is 4.22. The quantitative estimate of drug-likeness (QED) is 0.851. The number of aromatic nitrogens is 2. The second-order valence-electron chi connectivity index (χ2n) is 3.75. The Morgan fingerprint density at radius 3 is 2.53 bits per heavy atom. The average molecular weight is 221 g/mol. The zero-order valence-corrected chi connectivity index (χ0v) is 8.62. The maximum atomic E-state index is 12.1. The van der Waals surface area contributed by atoms with Crippen molar-refractivity contribution in [1.82, 2.24) is 9.55 Å². The first kappa shape index (κ1) is 12.0. The number of hydrogen-bond donors (Lipinski definition) is 1. The lowest BCUT2D eigenvalue weighted by atomic mass is 10.1. The summed E-state index contributed by atoms with van der Waals surface area (Å²) in [6, 6.07) is -0.989. The van der Waals surface area contributed by atoms with Gasteiger partial charge < -0.3 is 10.3 Å². The molecule has 0 unspecified atom stereocenters. The van der Waals surface area contributed by atoms with Crippen molar-refractivity contribution in [3.05, 3.63) is 18.2 Å². The van der Waals surface area contributed by atoms with Gasteiger partial charge in [-0.25, -0.2) is 4.98 Å². The standard InChI is InChI=1S/C9H14F3N3/c1-6(2)15-5-14-4-8(15)7(13)3-9(10,11)12/h4-7H,3,13H2,1-2H3/t7-/m0/s1. The molecule has 0 saturated carbocycles. The van der Waals surface area contributed by atoms with Gasteiger partial charge in [0, 0.05) is 12.2 Å². The Morgan fingerprint density at radius 2 is 2.07 bits per heavy atom. The largest absolute Gasteiger partial charge is 0.390 e. The van der Waals surface area contributed by atoms with E-state index in [1.807, 2.05) is 13.8 Å². The topological polar surface area (TPSA) is 43.8 Å². The first-order valence-corrected chi connectivity index (χ1v) is 4.65. The first-order chi connectivity index (χ1) is 6.81. The van der Waals surface area contributed by atoms with Crippen LogP contribution >= 0.6 is 0 Å². The van der Waals surface area contributed by atoms with Gasteiger partial charge in [-0.2, -0.15) is 13.2 Å². The highest BCUT2D eigenvalue weighted by molar-refractivity contribution is 5.06. The van der Waals surface area contributed by atoms with Crippen molar-refractivity contribution in [2.45, 2.75) is 38.5 Å². The van der Waals surface area contributed by atoms with E-state index in [1.54, 1.807) is 4.57 Å². The summed E-state index contributed by atoms with van der Waals surface area (Å²) in [4.78, 5) is 3.81. The van der Waals surface area contributed by atoms with Crippen LogP contribution in [0.1, 0.15) is 38.0 Å². The molecule has 0 amide bonds. The van der Waals surface area contributed by atoms with E-state index in [-0.39, 0.29) is 6.04 Å². The maximum absolute atomic E-state index is 12.1. The van der Waals surface area contributed by atoms with Gasteiger partial charge in [0.2, 0.25) is 0 Å². The summed E-state index contributed by atoms with van der Waals surface area (Å²) in [7, 11) is 0. The van der Waals surface area contributed by atoms with Gasteiger partial charge in [0.15, 0.2) is 0 Å². The average Bonchev–Trinajstić information content (AvgIpc) is 2.47. The molecule has 1 rings (SSSR count). The van der Waals surface area contributed by atoms with E-state index < -0.39 is 18.6 Å². The molecule has 6 heteroatoms. The lowest BCUT2D eigenvalue weighted by molar-refractivity contribution is -0.138. The molecule has 0 aromatic carbocycles. The van der Waals surface area contributed by atoms with E-state index in [0.717, 1.165) is 0 Å². The number of nitrogens with zero attached hydrogens (tertiary/aromatic N) is 2. The number of hydrogen-bond acceptors (Lipinski definition) is 2. The molecule has 0 saturated heterocycles. The maximum Gasteiger partial charge on any atom is 0.390 e. The van der Waals surface area contributed by atoms with E-state index in [4.69, 9.17) is 5.73 Å². The molecule has 1 aromatic heterocycles. The summed E-state index contributed by atoms with van der Waals surface area (Å²) in [5.41, 5.74) is 5.90. The smallest absolute Gasteiger partial charge is 0.331 e. The molecule has 0 aliphatic carbocycles. The predicted molar refractivity (Wildman–Crippen MR) is 50.2 cm³/mol. The molecule has 86 valence electrons. The zero-order chi connectivity index (χ0) is 11.6. The summed E-state index contributed by atoms with van der Waals surface area (Å²) in [5.74, 6) is 0. The lowest BCUT2D eigenvalue weighted by Gasteiger charge is -2.18.